The van der Waals surface area contributed by atoms with Crippen LogP contribution in [0.2, 0.25) is 0 Å². The number of nitrogens with one attached hydrogen (secondary N) is 1. The summed E-state index contributed by atoms with van der Waals surface area (Å²) in [7, 11) is 0. The Labute approximate surface area is 155 Å². The lowest BCUT2D eigenvalue weighted by molar-refractivity contribution is 0.475. The molecule has 2 N–H and O–H groups in total. The van der Waals surface area contributed by atoms with E-state index in [1.807, 2.05) is 24.3 Å². The van der Waals surface area contributed by atoms with Crippen molar-refractivity contribution in [2.45, 2.75) is 0 Å². The number of fused-ring (bicyclic) bond motifs is 1. The molecule has 26 heavy (non-hydrogen) atoms. The van der Waals surface area contributed by atoms with Gasteiger partial charge in [0.25, 0.3) is 0 Å². The third-order valence-electron chi connectivity index (χ3n) is 3.85. The number of nitrogens with zero attached hydrogens (tertiary/aromatic N) is 2. The zero-order valence-corrected chi connectivity index (χ0v) is 14.4. The third-order valence-corrected chi connectivity index (χ3v) is 3.85. The van der Waals surface area contributed by atoms with E-state index in [-0.39, 0.29) is 24.0 Å². The fourth-order valence-electron chi connectivity index (χ4n) is 2.62. The second kappa shape index (κ2) is 7.37. The first-order valence-corrected chi connectivity index (χ1v) is 7.78. The lowest BCUT2D eigenvalue weighted by Crippen LogP contribution is -2.00. The number of hydrogen-bond acceptors (Lipinski definition) is 4. The van der Waals surface area contributed by atoms with Crippen LogP contribution in [0.5, 0.6) is 5.75 Å². The second-order valence-corrected chi connectivity index (χ2v) is 5.56. The number of hydrogen-bond donors (Lipinski definition) is 2. The van der Waals surface area contributed by atoms with Crippen molar-refractivity contribution < 1.29 is 9.50 Å². The summed E-state index contributed by atoms with van der Waals surface area (Å²) in [5.74, 6) is 0.714. The van der Waals surface area contributed by atoms with Gasteiger partial charge in [0.15, 0.2) is 5.82 Å². The normalized spacial score (nSPS) is 10.3. The minimum Gasteiger partial charge on any atom is -0.508 e. The maximum atomic E-state index is 14.2. The molecule has 0 aliphatic carbocycles. The van der Waals surface area contributed by atoms with Gasteiger partial charge in [-0.15, -0.1) is 12.4 Å². The van der Waals surface area contributed by atoms with Crippen LogP contribution in [-0.2, 0) is 0 Å². The van der Waals surface area contributed by atoms with Gasteiger partial charge in [-0.1, -0.05) is 24.3 Å². The van der Waals surface area contributed by atoms with Crippen molar-refractivity contribution >= 4 is 34.8 Å². The van der Waals surface area contributed by atoms with Gasteiger partial charge in [-0.05, 0) is 48.5 Å². The zero-order chi connectivity index (χ0) is 17.2. The van der Waals surface area contributed by atoms with Crippen molar-refractivity contribution in [3.8, 4) is 17.1 Å². The smallest absolute Gasteiger partial charge is 0.165 e. The Hall–Kier alpha value is -3.18. The standard InChI is InChI=1S/C20H14FN3O.ClH/c21-17-7-3-1-5-15(17)19-23-18-8-4-2-6-16(18)20(24-19)22-13-9-11-14(25)12-10-13;/h1-12,25H,(H,22,23,24);1H. The maximum absolute atomic E-state index is 14.2. The highest BCUT2D eigenvalue weighted by molar-refractivity contribution is 5.92. The summed E-state index contributed by atoms with van der Waals surface area (Å²) in [6, 6.07) is 20.6. The molecule has 0 radical (unpaired) electrons. The van der Waals surface area contributed by atoms with Crippen LogP contribution >= 0.6 is 12.4 Å². The summed E-state index contributed by atoms with van der Waals surface area (Å²) >= 11 is 0. The molecule has 0 atom stereocenters. The molecular weight excluding hydrogens is 353 g/mol. The third kappa shape index (κ3) is 3.43. The number of phenolic OH excluding ortho intramolecular Hbond substituents is 1. The predicted octanol–water partition coefficient (Wildman–Crippen LogP) is 5.31. The second-order valence-electron chi connectivity index (χ2n) is 5.56. The number of benzene rings is 3. The number of aromatic nitrogens is 2. The van der Waals surface area contributed by atoms with E-state index < -0.39 is 0 Å². The summed E-state index contributed by atoms with van der Waals surface area (Å²) in [5.41, 5.74) is 1.83. The first kappa shape index (κ1) is 17.6. The number of aromatic hydroxyl groups is 1. The van der Waals surface area contributed by atoms with Crippen molar-refractivity contribution in [2.24, 2.45) is 0 Å². The van der Waals surface area contributed by atoms with Crippen LogP contribution in [0.25, 0.3) is 22.3 Å². The molecule has 4 rings (SSSR count). The van der Waals surface area contributed by atoms with Gasteiger partial charge in [0, 0.05) is 11.1 Å². The molecule has 4 nitrogen and oxygen atoms in total. The Bertz CT molecular complexity index is 1050. The van der Waals surface area contributed by atoms with Crippen molar-refractivity contribution in [3.05, 3.63) is 78.6 Å². The van der Waals surface area contributed by atoms with Crippen molar-refractivity contribution in [3.63, 3.8) is 0 Å². The van der Waals surface area contributed by atoms with Gasteiger partial charge in [-0.25, -0.2) is 14.4 Å². The summed E-state index contributed by atoms with van der Waals surface area (Å²) in [6.07, 6.45) is 0. The molecule has 0 bridgehead atoms. The fourth-order valence-corrected chi connectivity index (χ4v) is 2.62. The molecule has 4 aromatic rings. The molecule has 130 valence electrons. The summed E-state index contributed by atoms with van der Waals surface area (Å²) in [6.45, 7) is 0. The molecule has 0 unspecified atom stereocenters. The highest BCUT2D eigenvalue weighted by Gasteiger charge is 2.12. The monoisotopic (exact) mass is 367 g/mol. The SMILES string of the molecule is Cl.Oc1ccc(Nc2nc(-c3ccccc3F)nc3ccccc23)cc1. The van der Waals surface area contributed by atoms with Crippen LogP contribution in [0, 0.1) is 5.82 Å². The van der Waals surface area contributed by atoms with Gasteiger partial charge in [0.1, 0.15) is 17.4 Å². The predicted molar refractivity (Wildman–Crippen MR) is 104 cm³/mol. The van der Waals surface area contributed by atoms with Crippen molar-refractivity contribution in [1.29, 1.82) is 0 Å². The van der Waals surface area contributed by atoms with Crippen LogP contribution in [0.4, 0.5) is 15.9 Å². The first-order valence-electron chi connectivity index (χ1n) is 7.78. The molecular formula is C20H15ClFN3O. The van der Waals surface area contributed by atoms with Crippen molar-refractivity contribution in [2.75, 3.05) is 5.32 Å². The maximum Gasteiger partial charge on any atom is 0.165 e. The van der Waals surface area contributed by atoms with Crippen LogP contribution < -0.4 is 5.32 Å². The van der Waals surface area contributed by atoms with Crippen LogP contribution in [0.15, 0.2) is 72.8 Å². The van der Waals surface area contributed by atoms with Crippen molar-refractivity contribution in [1.82, 2.24) is 9.97 Å². The lowest BCUT2D eigenvalue weighted by atomic mass is 10.1. The number of para-hydroxylation sites is 1. The van der Waals surface area contributed by atoms with Gasteiger partial charge in [-0.3, -0.25) is 0 Å². The quantitative estimate of drug-likeness (QED) is 0.482. The van der Waals surface area contributed by atoms with Gasteiger partial charge < -0.3 is 10.4 Å². The molecule has 1 heterocycles. The molecule has 0 spiro atoms. The van der Waals surface area contributed by atoms with Gasteiger partial charge in [0.05, 0.1) is 11.1 Å². The van der Waals surface area contributed by atoms with Gasteiger partial charge >= 0.3 is 0 Å². The number of anilines is 2. The Morgan fingerprint density at radius 2 is 1.50 bits per heavy atom. The Balaban J connectivity index is 0.00000196. The Morgan fingerprint density at radius 3 is 2.27 bits per heavy atom. The van der Waals surface area contributed by atoms with Crippen LogP contribution in [0.3, 0.4) is 0 Å². The molecule has 3 aromatic carbocycles. The highest BCUT2D eigenvalue weighted by Crippen LogP contribution is 2.28. The van der Waals surface area contributed by atoms with E-state index in [4.69, 9.17) is 0 Å². The number of phenols is 1. The molecule has 0 saturated heterocycles. The minimum atomic E-state index is -0.367. The Kier molecular flexibility index (Phi) is 5.00. The zero-order valence-electron chi connectivity index (χ0n) is 13.6. The molecule has 0 saturated carbocycles. The molecule has 0 aliphatic rings. The molecule has 0 amide bonds. The van der Waals surface area contributed by atoms with E-state index in [9.17, 15) is 9.50 Å². The summed E-state index contributed by atoms with van der Waals surface area (Å²) in [5, 5.41) is 13.5. The average molecular weight is 368 g/mol. The number of halogens is 2. The van der Waals surface area contributed by atoms with E-state index in [0.717, 1.165) is 16.6 Å². The summed E-state index contributed by atoms with van der Waals surface area (Å²) < 4.78 is 14.2. The fraction of sp³-hybridized carbons (Fsp3) is 0. The molecule has 1 aromatic heterocycles. The largest absolute Gasteiger partial charge is 0.508 e. The van der Waals surface area contributed by atoms with Crippen LogP contribution in [0.1, 0.15) is 0 Å². The molecule has 0 fully saturated rings. The molecule has 0 aliphatic heterocycles. The van der Waals surface area contributed by atoms with E-state index in [0.29, 0.717) is 17.2 Å². The van der Waals surface area contributed by atoms with Crippen LogP contribution in [-0.4, -0.2) is 15.1 Å². The lowest BCUT2D eigenvalue weighted by Gasteiger charge is -2.11. The average Bonchev–Trinajstić information content (AvgIpc) is 2.64. The Morgan fingerprint density at radius 1 is 0.808 bits per heavy atom. The van der Waals surface area contributed by atoms with E-state index in [1.165, 1.54) is 6.07 Å². The highest BCUT2D eigenvalue weighted by atomic mass is 35.5. The summed E-state index contributed by atoms with van der Waals surface area (Å²) in [4.78, 5) is 9.02. The van der Waals surface area contributed by atoms with Gasteiger partial charge in [-0.2, -0.15) is 0 Å². The van der Waals surface area contributed by atoms with E-state index >= 15 is 0 Å². The topological polar surface area (TPSA) is 58.0 Å². The molecule has 6 heteroatoms. The minimum absolute atomic E-state index is 0. The number of rotatable bonds is 3. The van der Waals surface area contributed by atoms with E-state index in [2.05, 4.69) is 15.3 Å². The van der Waals surface area contributed by atoms with E-state index in [1.54, 1.807) is 42.5 Å². The first-order chi connectivity index (χ1) is 12.2. The van der Waals surface area contributed by atoms with Gasteiger partial charge in [0.2, 0.25) is 0 Å².